The monoisotopic (exact) mass is 284 g/mol. The van der Waals surface area contributed by atoms with E-state index in [0.29, 0.717) is 12.1 Å². The first-order valence-corrected chi connectivity index (χ1v) is 7.48. The molecule has 3 aromatic heterocycles. The second-order valence-electron chi connectivity index (χ2n) is 6.18. The lowest BCUT2D eigenvalue weighted by atomic mass is 9.99. The minimum absolute atomic E-state index is 0.0476. The van der Waals surface area contributed by atoms with Gasteiger partial charge in [0, 0.05) is 18.1 Å². The maximum Gasteiger partial charge on any atom is 0.326 e. The van der Waals surface area contributed by atoms with Gasteiger partial charge in [-0.3, -0.25) is 4.57 Å². The number of nitrogens with zero attached hydrogens (tertiary/aromatic N) is 3. The fourth-order valence-electron chi connectivity index (χ4n) is 4.08. The van der Waals surface area contributed by atoms with Gasteiger partial charge >= 0.3 is 5.69 Å². The molecule has 7 nitrogen and oxygen atoms in total. The second-order valence-corrected chi connectivity index (χ2v) is 6.18. The van der Waals surface area contributed by atoms with E-state index in [-0.39, 0.29) is 11.7 Å². The summed E-state index contributed by atoms with van der Waals surface area (Å²) in [6.07, 6.45) is 7.80. The first kappa shape index (κ1) is 11.5. The molecule has 0 amide bonds. The Morgan fingerprint density at radius 1 is 1.19 bits per heavy atom. The van der Waals surface area contributed by atoms with Crippen molar-refractivity contribution < 1.29 is 0 Å². The molecule has 0 radical (unpaired) electrons. The van der Waals surface area contributed by atoms with Crippen molar-refractivity contribution in [3.8, 4) is 0 Å². The highest BCUT2D eigenvalue weighted by molar-refractivity contribution is 5.98. The molecule has 2 fully saturated rings. The maximum absolute atomic E-state index is 12.5. The molecule has 0 unspecified atom stereocenters. The van der Waals surface area contributed by atoms with Crippen LogP contribution in [0.25, 0.3) is 22.2 Å². The standard InChI is InChI=1S/C14H16N6O/c21-14-19-10-5-15-13-11(16-6-17-13)12(10)20(14)9-3-7-1-2-8(4-9)18-7/h5-9,18H,1-4H2,(H,19,21)(H,15,16,17)/t7-,8+,9-. The summed E-state index contributed by atoms with van der Waals surface area (Å²) in [5, 5.41) is 3.62. The van der Waals surface area contributed by atoms with Crippen LogP contribution in [-0.4, -0.2) is 36.6 Å². The van der Waals surface area contributed by atoms with Gasteiger partial charge in [0.1, 0.15) is 11.0 Å². The van der Waals surface area contributed by atoms with Crippen molar-refractivity contribution in [2.45, 2.75) is 43.8 Å². The number of rotatable bonds is 1. The minimum Gasteiger partial charge on any atom is -0.329 e. The number of pyridine rings is 1. The third kappa shape index (κ3) is 1.55. The number of nitrogens with one attached hydrogen (secondary N) is 3. The summed E-state index contributed by atoms with van der Waals surface area (Å²) >= 11 is 0. The van der Waals surface area contributed by atoms with Crippen LogP contribution in [0.5, 0.6) is 0 Å². The van der Waals surface area contributed by atoms with Gasteiger partial charge in [0.15, 0.2) is 5.65 Å². The number of hydrogen-bond acceptors (Lipinski definition) is 4. The molecule has 5 rings (SSSR count). The highest BCUT2D eigenvalue weighted by Crippen LogP contribution is 2.35. The van der Waals surface area contributed by atoms with E-state index in [1.54, 1.807) is 12.5 Å². The van der Waals surface area contributed by atoms with Crippen LogP contribution < -0.4 is 11.0 Å². The van der Waals surface area contributed by atoms with Crippen molar-refractivity contribution in [2.75, 3.05) is 0 Å². The highest BCUT2D eigenvalue weighted by Gasteiger charge is 2.35. The number of fused-ring (bicyclic) bond motifs is 5. The predicted octanol–water partition coefficient (Wildman–Crippen LogP) is 1.06. The van der Waals surface area contributed by atoms with Gasteiger partial charge in [0.25, 0.3) is 0 Å². The molecule has 3 N–H and O–H groups in total. The molecule has 0 spiro atoms. The van der Waals surface area contributed by atoms with E-state index in [4.69, 9.17) is 0 Å². The number of aromatic nitrogens is 5. The summed E-state index contributed by atoms with van der Waals surface area (Å²) in [4.78, 5) is 27.1. The first-order chi connectivity index (χ1) is 10.3. The Kier molecular flexibility index (Phi) is 2.16. The number of piperidine rings is 1. The molecular formula is C14H16N6O. The Bertz CT molecular complexity index is 878. The molecule has 2 aliphatic rings. The molecule has 2 aliphatic heterocycles. The molecule has 2 bridgehead atoms. The molecule has 0 aliphatic carbocycles. The molecule has 21 heavy (non-hydrogen) atoms. The van der Waals surface area contributed by atoms with E-state index in [1.165, 1.54) is 12.8 Å². The molecule has 5 heterocycles. The van der Waals surface area contributed by atoms with Crippen LogP contribution >= 0.6 is 0 Å². The molecular weight excluding hydrogens is 268 g/mol. The van der Waals surface area contributed by atoms with Gasteiger partial charge < -0.3 is 15.3 Å². The Balaban J connectivity index is 1.76. The van der Waals surface area contributed by atoms with E-state index in [9.17, 15) is 4.79 Å². The van der Waals surface area contributed by atoms with Gasteiger partial charge in [-0.05, 0) is 25.7 Å². The molecule has 3 aromatic rings. The lowest BCUT2D eigenvalue weighted by Gasteiger charge is -2.29. The molecule has 2 saturated heterocycles. The Morgan fingerprint density at radius 3 is 2.81 bits per heavy atom. The third-order valence-electron chi connectivity index (χ3n) is 4.94. The van der Waals surface area contributed by atoms with Crippen LogP contribution in [0.4, 0.5) is 0 Å². The summed E-state index contributed by atoms with van der Waals surface area (Å²) < 4.78 is 1.91. The average molecular weight is 284 g/mol. The number of imidazole rings is 2. The van der Waals surface area contributed by atoms with Gasteiger partial charge in [0.05, 0.1) is 18.0 Å². The topological polar surface area (TPSA) is 91.4 Å². The fraction of sp³-hybridized carbons (Fsp3) is 0.500. The molecule has 7 heteroatoms. The second kappa shape index (κ2) is 3.94. The summed E-state index contributed by atoms with van der Waals surface area (Å²) in [6.45, 7) is 0. The third-order valence-corrected chi connectivity index (χ3v) is 4.94. The lowest BCUT2D eigenvalue weighted by Crippen LogP contribution is -2.40. The number of hydrogen-bond donors (Lipinski definition) is 3. The van der Waals surface area contributed by atoms with Crippen molar-refractivity contribution in [3.05, 3.63) is 23.0 Å². The normalized spacial score (nSPS) is 28.7. The number of H-pyrrole nitrogens is 2. The number of aromatic amines is 2. The van der Waals surface area contributed by atoms with Crippen molar-refractivity contribution in [1.82, 2.24) is 29.8 Å². The lowest BCUT2D eigenvalue weighted by molar-refractivity contribution is 0.299. The van der Waals surface area contributed by atoms with Crippen LogP contribution in [0.3, 0.4) is 0 Å². The largest absolute Gasteiger partial charge is 0.329 e. The van der Waals surface area contributed by atoms with Gasteiger partial charge in [-0.15, -0.1) is 0 Å². The van der Waals surface area contributed by atoms with Gasteiger partial charge in [-0.25, -0.2) is 14.8 Å². The van der Waals surface area contributed by atoms with Crippen LogP contribution in [0.2, 0.25) is 0 Å². The van der Waals surface area contributed by atoms with Crippen molar-refractivity contribution >= 4 is 22.2 Å². The van der Waals surface area contributed by atoms with Gasteiger partial charge in [-0.2, -0.15) is 0 Å². The summed E-state index contributed by atoms with van der Waals surface area (Å²) in [6, 6.07) is 1.33. The molecule has 3 atom stereocenters. The first-order valence-electron chi connectivity index (χ1n) is 7.48. The molecule has 0 saturated carbocycles. The molecule has 0 aromatic carbocycles. The SMILES string of the molecule is O=c1[nH]c2cnc3[nH]cnc3c2n1[C@@H]1C[C@H]2CC[C@@H](C1)N2. The van der Waals surface area contributed by atoms with E-state index < -0.39 is 0 Å². The predicted molar refractivity (Wildman–Crippen MR) is 78.2 cm³/mol. The Morgan fingerprint density at radius 2 is 2.00 bits per heavy atom. The van der Waals surface area contributed by atoms with Crippen LogP contribution in [0.15, 0.2) is 17.3 Å². The molecule has 108 valence electrons. The van der Waals surface area contributed by atoms with Crippen LogP contribution in [0.1, 0.15) is 31.7 Å². The van der Waals surface area contributed by atoms with E-state index in [1.807, 2.05) is 4.57 Å². The Labute approximate surface area is 119 Å². The van der Waals surface area contributed by atoms with Crippen molar-refractivity contribution in [1.29, 1.82) is 0 Å². The summed E-state index contributed by atoms with van der Waals surface area (Å²) in [5.41, 5.74) is 3.11. The van der Waals surface area contributed by atoms with E-state index in [0.717, 1.165) is 35.0 Å². The van der Waals surface area contributed by atoms with Crippen LogP contribution in [0, 0.1) is 0 Å². The van der Waals surface area contributed by atoms with Crippen molar-refractivity contribution in [2.24, 2.45) is 0 Å². The quantitative estimate of drug-likeness (QED) is 0.623. The highest BCUT2D eigenvalue weighted by atomic mass is 16.1. The van der Waals surface area contributed by atoms with E-state index in [2.05, 4.69) is 25.3 Å². The van der Waals surface area contributed by atoms with Gasteiger partial charge in [0.2, 0.25) is 0 Å². The minimum atomic E-state index is -0.0476. The van der Waals surface area contributed by atoms with Crippen molar-refractivity contribution in [3.63, 3.8) is 0 Å². The maximum atomic E-state index is 12.5. The van der Waals surface area contributed by atoms with Gasteiger partial charge in [-0.1, -0.05) is 0 Å². The zero-order valence-corrected chi connectivity index (χ0v) is 11.5. The zero-order valence-electron chi connectivity index (χ0n) is 11.5. The Hall–Kier alpha value is -2.15. The smallest absolute Gasteiger partial charge is 0.326 e. The fourth-order valence-corrected chi connectivity index (χ4v) is 4.08. The summed E-state index contributed by atoms with van der Waals surface area (Å²) in [5.74, 6) is 0. The van der Waals surface area contributed by atoms with Crippen LogP contribution in [-0.2, 0) is 0 Å². The summed E-state index contributed by atoms with van der Waals surface area (Å²) in [7, 11) is 0. The van der Waals surface area contributed by atoms with E-state index >= 15 is 0 Å². The zero-order chi connectivity index (χ0) is 14.0. The average Bonchev–Trinajstić information content (AvgIpc) is 3.14.